The van der Waals surface area contributed by atoms with Gasteiger partial charge in [-0.2, -0.15) is 5.10 Å². The molecule has 3 aromatic carbocycles. The molecule has 0 aliphatic carbocycles. The van der Waals surface area contributed by atoms with Crippen LogP contribution in [0.3, 0.4) is 0 Å². The second-order valence-electron chi connectivity index (χ2n) is 6.15. The molecular formula is C22H16FN3OS2. The summed E-state index contributed by atoms with van der Waals surface area (Å²) in [5.74, 6) is 0.0381. The second kappa shape index (κ2) is 8.98. The van der Waals surface area contributed by atoms with Gasteiger partial charge < -0.3 is 0 Å². The van der Waals surface area contributed by atoms with Crippen molar-refractivity contribution in [3.8, 4) is 0 Å². The molecule has 29 heavy (non-hydrogen) atoms. The van der Waals surface area contributed by atoms with Crippen molar-refractivity contribution in [1.29, 1.82) is 0 Å². The van der Waals surface area contributed by atoms with Gasteiger partial charge in [0, 0.05) is 16.9 Å². The third kappa shape index (κ3) is 4.88. The number of halogens is 1. The summed E-state index contributed by atoms with van der Waals surface area (Å²) in [5.41, 5.74) is 5.34. The third-order valence-corrected chi connectivity index (χ3v) is 6.38. The number of amides is 1. The Bertz CT molecular complexity index is 1140. The number of nitrogens with zero attached hydrogens (tertiary/aromatic N) is 2. The standard InChI is InChI=1S/C22H16FN3OS2/c23-18-6-2-1-5-17(18)13-24-26-21(27)16-11-9-15(10-12-16)14-28-22-25-19-7-3-4-8-20(19)29-22/h1-13H,14H2,(H,26,27). The minimum Gasteiger partial charge on any atom is -0.267 e. The van der Waals surface area contributed by atoms with Crippen LogP contribution in [0.1, 0.15) is 21.5 Å². The molecule has 0 aliphatic heterocycles. The summed E-state index contributed by atoms with van der Waals surface area (Å²) in [5, 5.41) is 3.82. The Hall–Kier alpha value is -3.03. The molecule has 4 aromatic rings. The van der Waals surface area contributed by atoms with Crippen LogP contribution >= 0.6 is 23.1 Å². The summed E-state index contributed by atoms with van der Waals surface area (Å²) >= 11 is 3.35. The minimum absolute atomic E-state index is 0.315. The molecule has 7 heteroatoms. The number of thiazole rings is 1. The molecule has 0 aliphatic rings. The van der Waals surface area contributed by atoms with Crippen LogP contribution in [-0.2, 0) is 5.75 Å². The zero-order valence-electron chi connectivity index (χ0n) is 15.2. The molecule has 1 heterocycles. The number of carbonyl (C=O) groups is 1. The smallest absolute Gasteiger partial charge is 0.267 e. The Morgan fingerprint density at radius 1 is 1.07 bits per heavy atom. The lowest BCUT2D eigenvalue weighted by molar-refractivity contribution is 0.0955. The molecule has 0 bridgehead atoms. The quantitative estimate of drug-likeness (QED) is 0.254. The fraction of sp³-hybridized carbons (Fsp3) is 0.0455. The number of hydrogen-bond acceptors (Lipinski definition) is 5. The van der Waals surface area contributed by atoms with Crippen LogP contribution < -0.4 is 5.43 Å². The highest BCUT2D eigenvalue weighted by Crippen LogP contribution is 2.31. The van der Waals surface area contributed by atoms with E-state index in [2.05, 4.69) is 21.6 Å². The summed E-state index contributed by atoms with van der Waals surface area (Å²) < 4.78 is 15.7. The maximum atomic E-state index is 13.5. The van der Waals surface area contributed by atoms with E-state index in [-0.39, 0.29) is 11.7 Å². The third-order valence-electron chi connectivity index (χ3n) is 4.13. The molecule has 144 valence electrons. The number of carbonyl (C=O) groups excluding carboxylic acids is 1. The maximum Gasteiger partial charge on any atom is 0.271 e. The van der Waals surface area contributed by atoms with Crippen molar-refractivity contribution in [2.24, 2.45) is 5.10 Å². The first-order chi connectivity index (χ1) is 14.2. The maximum absolute atomic E-state index is 13.5. The van der Waals surface area contributed by atoms with Gasteiger partial charge in [0.2, 0.25) is 0 Å². The molecule has 1 aromatic heterocycles. The number of hydrogen-bond donors (Lipinski definition) is 1. The summed E-state index contributed by atoms with van der Waals surface area (Å²) in [4.78, 5) is 16.8. The number of fused-ring (bicyclic) bond motifs is 1. The Labute approximate surface area is 175 Å². The Kier molecular flexibility index (Phi) is 5.97. The van der Waals surface area contributed by atoms with Crippen LogP contribution in [0.5, 0.6) is 0 Å². The van der Waals surface area contributed by atoms with E-state index in [1.165, 1.54) is 17.0 Å². The molecule has 0 spiro atoms. The highest BCUT2D eigenvalue weighted by molar-refractivity contribution is 8.00. The zero-order chi connectivity index (χ0) is 20.1. The molecule has 1 amide bonds. The van der Waals surface area contributed by atoms with Gasteiger partial charge in [0.05, 0.1) is 16.4 Å². The van der Waals surface area contributed by atoms with E-state index in [1.54, 1.807) is 53.4 Å². The van der Waals surface area contributed by atoms with Crippen LogP contribution in [0, 0.1) is 5.82 Å². The van der Waals surface area contributed by atoms with Gasteiger partial charge in [-0.1, -0.05) is 54.2 Å². The molecular weight excluding hydrogens is 405 g/mol. The molecule has 1 N–H and O–H groups in total. The van der Waals surface area contributed by atoms with Crippen molar-refractivity contribution in [3.05, 3.63) is 95.3 Å². The van der Waals surface area contributed by atoms with Crippen LogP contribution in [0.25, 0.3) is 10.2 Å². The number of rotatable bonds is 6. The van der Waals surface area contributed by atoms with E-state index in [0.29, 0.717) is 11.1 Å². The average molecular weight is 422 g/mol. The first-order valence-corrected chi connectivity index (χ1v) is 10.6. The van der Waals surface area contributed by atoms with Crippen LogP contribution in [-0.4, -0.2) is 17.1 Å². The summed E-state index contributed by atoms with van der Waals surface area (Å²) in [7, 11) is 0. The van der Waals surface area contributed by atoms with E-state index in [0.717, 1.165) is 21.2 Å². The summed E-state index contributed by atoms with van der Waals surface area (Å²) in [6.45, 7) is 0. The van der Waals surface area contributed by atoms with Gasteiger partial charge in [-0.15, -0.1) is 11.3 Å². The molecule has 4 rings (SSSR count). The van der Waals surface area contributed by atoms with Crippen LogP contribution in [0.2, 0.25) is 0 Å². The lowest BCUT2D eigenvalue weighted by Gasteiger charge is -2.03. The van der Waals surface area contributed by atoms with Crippen molar-refractivity contribution >= 4 is 45.4 Å². The summed E-state index contributed by atoms with van der Waals surface area (Å²) in [6.07, 6.45) is 1.29. The Balaban J connectivity index is 1.33. The fourth-order valence-corrected chi connectivity index (χ4v) is 4.64. The molecule has 0 fully saturated rings. The largest absolute Gasteiger partial charge is 0.271 e. The Morgan fingerprint density at radius 3 is 2.62 bits per heavy atom. The topological polar surface area (TPSA) is 54.4 Å². The fourth-order valence-electron chi connectivity index (χ4n) is 2.62. The number of hydrazone groups is 1. The number of nitrogens with one attached hydrogen (secondary N) is 1. The van der Waals surface area contributed by atoms with E-state index < -0.39 is 0 Å². The highest BCUT2D eigenvalue weighted by Gasteiger charge is 2.07. The molecule has 0 radical (unpaired) electrons. The predicted molar refractivity (Wildman–Crippen MR) is 117 cm³/mol. The van der Waals surface area contributed by atoms with Crippen molar-refractivity contribution in [2.45, 2.75) is 10.1 Å². The SMILES string of the molecule is O=C(NN=Cc1ccccc1F)c1ccc(CSc2nc3ccccc3s2)cc1. The van der Waals surface area contributed by atoms with Gasteiger partial charge in [-0.3, -0.25) is 4.79 Å². The first-order valence-electron chi connectivity index (χ1n) is 8.84. The lowest BCUT2D eigenvalue weighted by atomic mass is 10.1. The average Bonchev–Trinajstić information content (AvgIpc) is 3.17. The van der Waals surface area contributed by atoms with Gasteiger partial charge in [-0.25, -0.2) is 14.8 Å². The summed E-state index contributed by atoms with van der Waals surface area (Å²) in [6, 6.07) is 21.6. The second-order valence-corrected chi connectivity index (χ2v) is 8.41. The van der Waals surface area contributed by atoms with Crippen molar-refractivity contribution in [3.63, 3.8) is 0 Å². The molecule has 0 unspecified atom stereocenters. The zero-order valence-corrected chi connectivity index (χ0v) is 16.8. The van der Waals surface area contributed by atoms with Gasteiger partial charge in [0.25, 0.3) is 5.91 Å². The van der Waals surface area contributed by atoms with E-state index >= 15 is 0 Å². The molecule has 0 atom stereocenters. The van der Waals surface area contributed by atoms with Gasteiger partial charge in [0.1, 0.15) is 5.82 Å². The van der Waals surface area contributed by atoms with E-state index in [9.17, 15) is 9.18 Å². The van der Waals surface area contributed by atoms with Crippen molar-refractivity contribution in [1.82, 2.24) is 10.4 Å². The highest BCUT2D eigenvalue weighted by atomic mass is 32.2. The number of aromatic nitrogens is 1. The monoisotopic (exact) mass is 421 g/mol. The lowest BCUT2D eigenvalue weighted by Crippen LogP contribution is -2.17. The Morgan fingerprint density at radius 2 is 1.83 bits per heavy atom. The van der Waals surface area contributed by atoms with Crippen molar-refractivity contribution < 1.29 is 9.18 Å². The van der Waals surface area contributed by atoms with E-state index in [4.69, 9.17) is 0 Å². The van der Waals surface area contributed by atoms with E-state index in [1.807, 2.05) is 30.3 Å². The first kappa shape index (κ1) is 19.3. The van der Waals surface area contributed by atoms with Crippen LogP contribution in [0.15, 0.2) is 82.2 Å². The molecule has 4 nitrogen and oxygen atoms in total. The minimum atomic E-state index is -0.388. The van der Waals surface area contributed by atoms with Gasteiger partial charge in [0.15, 0.2) is 4.34 Å². The van der Waals surface area contributed by atoms with Gasteiger partial charge in [-0.05, 0) is 35.9 Å². The molecule has 0 saturated heterocycles. The number of benzene rings is 3. The van der Waals surface area contributed by atoms with Crippen molar-refractivity contribution in [2.75, 3.05) is 0 Å². The normalized spacial score (nSPS) is 11.2. The number of thioether (sulfide) groups is 1. The predicted octanol–water partition coefficient (Wildman–Crippen LogP) is 5.49. The number of para-hydroxylation sites is 1. The van der Waals surface area contributed by atoms with Crippen LogP contribution in [0.4, 0.5) is 4.39 Å². The molecule has 0 saturated carbocycles. The van der Waals surface area contributed by atoms with Gasteiger partial charge >= 0.3 is 0 Å².